The van der Waals surface area contributed by atoms with Crippen molar-refractivity contribution in [1.29, 1.82) is 0 Å². The number of anilines is 2. The largest absolute Gasteiger partial charge is 0.489 e. The molecule has 2 heterocycles. The predicted octanol–water partition coefficient (Wildman–Crippen LogP) is 2.79. The Kier molecular flexibility index (Phi) is 3.43. The Hall–Kier alpha value is -2.27. The molecule has 0 bridgehead atoms. The van der Waals surface area contributed by atoms with Gasteiger partial charge < -0.3 is 15.4 Å². The number of rotatable bonds is 2. The zero-order valence-corrected chi connectivity index (χ0v) is 11.3. The Bertz CT molecular complexity index is 661. The van der Waals surface area contributed by atoms with Gasteiger partial charge in [0.1, 0.15) is 6.61 Å². The van der Waals surface area contributed by atoms with Gasteiger partial charge in [-0.1, -0.05) is 17.7 Å². The molecule has 0 aliphatic carbocycles. The van der Waals surface area contributed by atoms with E-state index in [0.29, 0.717) is 28.6 Å². The van der Waals surface area contributed by atoms with Crippen molar-refractivity contribution in [3.8, 4) is 5.75 Å². The maximum absolute atomic E-state index is 12.3. The fraction of sp³-hybridized carbons (Fsp3) is 0.143. The molecule has 1 amide bonds. The molecule has 0 spiro atoms. The minimum Gasteiger partial charge on any atom is -0.489 e. The van der Waals surface area contributed by atoms with E-state index in [-0.39, 0.29) is 5.91 Å². The lowest BCUT2D eigenvalue weighted by Gasteiger charge is -2.21. The summed E-state index contributed by atoms with van der Waals surface area (Å²) in [5.41, 5.74) is 1.76. The van der Waals surface area contributed by atoms with E-state index in [9.17, 15) is 4.79 Å². The molecule has 0 saturated carbocycles. The van der Waals surface area contributed by atoms with Crippen LogP contribution in [0.4, 0.5) is 11.4 Å². The van der Waals surface area contributed by atoms with Crippen LogP contribution in [-0.2, 0) is 0 Å². The number of nitrogens with one attached hydrogen (secondary N) is 2. The molecule has 20 heavy (non-hydrogen) atoms. The van der Waals surface area contributed by atoms with Gasteiger partial charge in [0.05, 0.1) is 28.2 Å². The lowest BCUT2D eigenvalue weighted by Crippen LogP contribution is -2.22. The number of carbonyl (C=O) groups is 1. The van der Waals surface area contributed by atoms with Gasteiger partial charge in [0.25, 0.3) is 5.91 Å². The number of hydrogen-bond acceptors (Lipinski definition) is 4. The van der Waals surface area contributed by atoms with Crippen LogP contribution in [0.3, 0.4) is 0 Å². The van der Waals surface area contributed by atoms with E-state index in [4.69, 9.17) is 16.3 Å². The van der Waals surface area contributed by atoms with Crippen molar-refractivity contribution < 1.29 is 9.53 Å². The van der Waals surface area contributed by atoms with Crippen LogP contribution in [0.5, 0.6) is 5.75 Å². The third-order valence-corrected chi connectivity index (χ3v) is 3.27. The Labute approximate surface area is 120 Å². The molecule has 5 nitrogen and oxygen atoms in total. The standard InChI is InChI=1S/C14H12ClN3O2/c15-10-4-5-16-8-12(10)18-14(19)9-2-1-3-11-13(9)20-7-6-17-11/h1-5,8,17H,6-7H2,(H,18,19). The normalized spacial score (nSPS) is 12.8. The van der Waals surface area contributed by atoms with Gasteiger partial charge in [0.2, 0.25) is 0 Å². The van der Waals surface area contributed by atoms with E-state index in [1.54, 1.807) is 24.4 Å². The first-order chi connectivity index (χ1) is 9.75. The molecule has 1 aromatic heterocycles. The summed E-state index contributed by atoms with van der Waals surface area (Å²) in [6.45, 7) is 1.26. The third kappa shape index (κ3) is 2.40. The predicted molar refractivity (Wildman–Crippen MR) is 77.6 cm³/mol. The van der Waals surface area contributed by atoms with Crippen molar-refractivity contribution in [1.82, 2.24) is 4.98 Å². The Morgan fingerprint density at radius 2 is 2.30 bits per heavy atom. The average molecular weight is 290 g/mol. The summed E-state index contributed by atoms with van der Waals surface area (Å²) < 4.78 is 5.57. The summed E-state index contributed by atoms with van der Waals surface area (Å²) in [4.78, 5) is 16.3. The fourth-order valence-electron chi connectivity index (χ4n) is 2.01. The molecule has 0 fully saturated rings. The minimum absolute atomic E-state index is 0.277. The van der Waals surface area contributed by atoms with Crippen molar-refractivity contribution in [2.45, 2.75) is 0 Å². The SMILES string of the molecule is O=C(Nc1cnccc1Cl)c1cccc2c1OCCN2. The van der Waals surface area contributed by atoms with E-state index < -0.39 is 0 Å². The van der Waals surface area contributed by atoms with Crippen LogP contribution in [0.1, 0.15) is 10.4 Å². The first-order valence-corrected chi connectivity index (χ1v) is 6.54. The van der Waals surface area contributed by atoms with E-state index in [1.165, 1.54) is 6.20 Å². The molecule has 0 atom stereocenters. The smallest absolute Gasteiger partial charge is 0.259 e. The molecule has 0 unspecified atom stereocenters. The maximum Gasteiger partial charge on any atom is 0.259 e. The molecule has 1 aromatic carbocycles. The van der Waals surface area contributed by atoms with E-state index in [2.05, 4.69) is 15.6 Å². The molecule has 102 valence electrons. The fourth-order valence-corrected chi connectivity index (χ4v) is 2.16. The summed E-state index contributed by atoms with van der Waals surface area (Å²) in [5.74, 6) is 0.289. The monoisotopic (exact) mass is 289 g/mol. The summed E-state index contributed by atoms with van der Waals surface area (Å²) >= 11 is 6.00. The van der Waals surface area contributed by atoms with Gasteiger partial charge in [-0.25, -0.2) is 0 Å². The second-order valence-corrected chi connectivity index (χ2v) is 4.67. The van der Waals surface area contributed by atoms with Crippen molar-refractivity contribution in [2.75, 3.05) is 23.8 Å². The molecular weight excluding hydrogens is 278 g/mol. The first kappa shape index (κ1) is 12.7. The first-order valence-electron chi connectivity index (χ1n) is 6.16. The van der Waals surface area contributed by atoms with Crippen molar-refractivity contribution in [2.24, 2.45) is 0 Å². The third-order valence-electron chi connectivity index (χ3n) is 2.94. The number of halogens is 1. The number of carbonyl (C=O) groups excluding carboxylic acids is 1. The van der Waals surface area contributed by atoms with Crippen LogP contribution in [0.15, 0.2) is 36.7 Å². The minimum atomic E-state index is -0.277. The number of benzene rings is 1. The molecular formula is C14H12ClN3O2. The highest BCUT2D eigenvalue weighted by atomic mass is 35.5. The van der Waals surface area contributed by atoms with Crippen LogP contribution < -0.4 is 15.4 Å². The summed E-state index contributed by atoms with van der Waals surface area (Å²) in [6.07, 6.45) is 3.07. The van der Waals surface area contributed by atoms with Crippen molar-refractivity contribution >= 4 is 28.9 Å². The number of nitrogens with zero attached hydrogens (tertiary/aromatic N) is 1. The van der Waals surface area contributed by atoms with Crippen LogP contribution in [0.2, 0.25) is 5.02 Å². The van der Waals surface area contributed by atoms with Gasteiger partial charge in [0, 0.05) is 12.7 Å². The number of aromatic nitrogens is 1. The number of ether oxygens (including phenoxy) is 1. The molecule has 3 rings (SSSR count). The lowest BCUT2D eigenvalue weighted by molar-refractivity contribution is 0.102. The molecule has 1 aliphatic heterocycles. The van der Waals surface area contributed by atoms with Crippen LogP contribution >= 0.6 is 11.6 Å². The van der Waals surface area contributed by atoms with Gasteiger partial charge in [-0.2, -0.15) is 0 Å². The van der Waals surface area contributed by atoms with Gasteiger partial charge in [0.15, 0.2) is 5.75 Å². The highest BCUT2D eigenvalue weighted by Gasteiger charge is 2.19. The molecule has 0 radical (unpaired) electrons. The molecule has 2 aromatic rings. The molecule has 2 N–H and O–H groups in total. The number of fused-ring (bicyclic) bond motifs is 1. The Morgan fingerprint density at radius 3 is 3.15 bits per heavy atom. The Morgan fingerprint density at radius 1 is 1.40 bits per heavy atom. The van der Waals surface area contributed by atoms with Gasteiger partial charge in [-0.05, 0) is 18.2 Å². The van der Waals surface area contributed by atoms with Crippen LogP contribution in [-0.4, -0.2) is 24.0 Å². The number of pyridine rings is 1. The number of hydrogen-bond donors (Lipinski definition) is 2. The van der Waals surface area contributed by atoms with Crippen LogP contribution in [0.25, 0.3) is 0 Å². The summed E-state index contributed by atoms with van der Waals surface area (Å²) in [5, 5.41) is 6.37. The average Bonchev–Trinajstić information content (AvgIpc) is 2.49. The summed E-state index contributed by atoms with van der Waals surface area (Å²) in [6, 6.07) is 7.02. The lowest BCUT2D eigenvalue weighted by atomic mass is 10.1. The van der Waals surface area contributed by atoms with E-state index >= 15 is 0 Å². The Balaban J connectivity index is 1.90. The second kappa shape index (κ2) is 5.38. The topological polar surface area (TPSA) is 63.2 Å². The molecule has 0 saturated heterocycles. The quantitative estimate of drug-likeness (QED) is 0.892. The summed E-state index contributed by atoms with van der Waals surface area (Å²) in [7, 11) is 0. The molecule has 1 aliphatic rings. The zero-order valence-electron chi connectivity index (χ0n) is 10.5. The molecule has 6 heteroatoms. The van der Waals surface area contributed by atoms with Crippen LogP contribution in [0, 0.1) is 0 Å². The maximum atomic E-state index is 12.3. The van der Waals surface area contributed by atoms with E-state index in [0.717, 1.165) is 12.2 Å². The number of amides is 1. The second-order valence-electron chi connectivity index (χ2n) is 4.27. The van der Waals surface area contributed by atoms with Gasteiger partial charge in [-0.3, -0.25) is 9.78 Å². The van der Waals surface area contributed by atoms with E-state index in [1.807, 2.05) is 6.07 Å². The zero-order chi connectivity index (χ0) is 13.9. The van der Waals surface area contributed by atoms with Crippen molar-refractivity contribution in [3.05, 3.63) is 47.2 Å². The van der Waals surface area contributed by atoms with Crippen molar-refractivity contribution in [3.63, 3.8) is 0 Å². The highest BCUT2D eigenvalue weighted by Crippen LogP contribution is 2.32. The highest BCUT2D eigenvalue weighted by molar-refractivity contribution is 6.33. The number of para-hydroxylation sites is 1. The van der Waals surface area contributed by atoms with Gasteiger partial charge >= 0.3 is 0 Å². The van der Waals surface area contributed by atoms with Gasteiger partial charge in [-0.15, -0.1) is 0 Å².